The molecule has 0 radical (unpaired) electrons. The van der Waals surface area contributed by atoms with Crippen molar-refractivity contribution in [2.45, 2.75) is 39.0 Å². The van der Waals surface area contributed by atoms with Gasteiger partial charge in [-0.05, 0) is 67.3 Å². The van der Waals surface area contributed by atoms with Crippen molar-refractivity contribution in [1.29, 1.82) is 0 Å². The van der Waals surface area contributed by atoms with E-state index in [1.54, 1.807) is 7.11 Å². The molecule has 3 nitrogen and oxygen atoms in total. The van der Waals surface area contributed by atoms with Crippen molar-refractivity contribution in [1.82, 2.24) is 5.32 Å². The van der Waals surface area contributed by atoms with Crippen molar-refractivity contribution < 1.29 is 9.15 Å². The molecule has 24 heavy (non-hydrogen) atoms. The number of fused-ring (bicyclic) bond motifs is 5. The van der Waals surface area contributed by atoms with Crippen molar-refractivity contribution in [3.63, 3.8) is 0 Å². The minimum Gasteiger partial charge on any atom is -0.497 e. The third-order valence-electron chi connectivity index (χ3n) is 7.38. The molecule has 3 aliphatic rings. The maximum absolute atomic E-state index is 6.46. The van der Waals surface area contributed by atoms with E-state index in [1.165, 1.54) is 36.1 Å². The SMILES string of the molecule is CCC1CC2CNCCc3c(oc4ccc(OC)cc34)C3C2C13C. The van der Waals surface area contributed by atoms with Crippen molar-refractivity contribution in [2.75, 3.05) is 20.2 Å². The zero-order valence-electron chi connectivity index (χ0n) is 14.9. The molecular formula is C21H27NO2. The number of hydrogen-bond donors (Lipinski definition) is 1. The Balaban J connectivity index is 1.67. The summed E-state index contributed by atoms with van der Waals surface area (Å²) < 4.78 is 11.9. The average Bonchev–Trinajstić information content (AvgIpc) is 2.91. The van der Waals surface area contributed by atoms with E-state index in [2.05, 4.69) is 31.3 Å². The van der Waals surface area contributed by atoms with Gasteiger partial charge in [-0.2, -0.15) is 0 Å². The van der Waals surface area contributed by atoms with Crippen molar-refractivity contribution in [3.8, 4) is 5.75 Å². The van der Waals surface area contributed by atoms with E-state index in [0.717, 1.165) is 42.1 Å². The minimum absolute atomic E-state index is 0.450. The molecule has 5 rings (SSSR count). The van der Waals surface area contributed by atoms with Crippen LogP contribution in [0.2, 0.25) is 0 Å². The number of methoxy groups -OCH3 is 1. The van der Waals surface area contributed by atoms with E-state index in [9.17, 15) is 0 Å². The van der Waals surface area contributed by atoms with Crippen LogP contribution >= 0.6 is 0 Å². The summed E-state index contributed by atoms with van der Waals surface area (Å²) in [6.07, 6.45) is 3.74. The van der Waals surface area contributed by atoms with Crippen LogP contribution < -0.4 is 10.1 Å². The third-order valence-corrected chi connectivity index (χ3v) is 7.38. The van der Waals surface area contributed by atoms with Gasteiger partial charge in [0, 0.05) is 16.9 Å². The van der Waals surface area contributed by atoms with E-state index in [-0.39, 0.29) is 0 Å². The molecule has 2 saturated carbocycles. The molecule has 1 N–H and O–H groups in total. The van der Waals surface area contributed by atoms with Crippen LogP contribution in [-0.2, 0) is 6.42 Å². The molecule has 5 atom stereocenters. The smallest absolute Gasteiger partial charge is 0.134 e. The average molecular weight is 325 g/mol. The summed E-state index contributed by atoms with van der Waals surface area (Å²) in [6.45, 7) is 7.11. The van der Waals surface area contributed by atoms with E-state index in [0.29, 0.717) is 11.3 Å². The molecule has 2 fully saturated rings. The largest absolute Gasteiger partial charge is 0.497 e. The lowest BCUT2D eigenvalue weighted by Gasteiger charge is -2.21. The zero-order chi connectivity index (χ0) is 16.5. The first-order chi connectivity index (χ1) is 11.7. The molecule has 1 aromatic carbocycles. The number of ether oxygens (including phenoxy) is 1. The van der Waals surface area contributed by atoms with Crippen LogP contribution in [0.25, 0.3) is 11.0 Å². The van der Waals surface area contributed by atoms with Gasteiger partial charge in [0.25, 0.3) is 0 Å². The van der Waals surface area contributed by atoms with Crippen molar-refractivity contribution in [2.24, 2.45) is 23.2 Å². The van der Waals surface area contributed by atoms with E-state index < -0.39 is 0 Å². The second kappa shape index (κ2) is 5.01. The zero-order valence-corrected chi connectivity index (χ0v) is 14.9. The van der Waals surface area contributed by atoms with Gasteiger partial charge in [0.1, 0.15) is 17.1 Å². The fourth-order valence-corrected chi connectivity index (χ4v) is 6.18. The van der Waals surface area contributed by atoms with Gasteiger partial charge < -0.3 is 14.5 Å². The molecule has 0 bridgehead atoms. The van der Waals surface area contributed by atoms with Gasteiger partial charge >= 0.3 is 0 Å². The lowest BCUT2D eigenvalue weighted by Crippen LogP contribution is -2.25. The Bertz CT molecular complexity index is 794. The maximum Gasteiger partial charge on any atom is 0.134 e. The number of furan rings is 1. The first-order valence-corrected chi connectivity index (χ1v) is 9.48. The molecule has 128 valence electrons. The van der Waals surface area contributed by atoms with E-state index >= 15 is 0 Å². The molecule has 0 amide bonds. The molecule has 3 heteroatoms. The van der Waals surface area contributed by atoms with Crippen molar-refractivity contribution >= 4 is 11.0 Å². The number of hydrogen-bond acceptors (Lipinski definition) is 3. The van der Waals surface area contributed by atoms with Crippen LogP contribution in [0.4, 0.5) is 0 Å². The second-order valence-electron chi connectivity index (χ2n) is 8.23. The van der Waals surface area contributed by atoms with E-state index in [4.69, 9.17) is 9.15 Å². The Kier molecular flexibility index (Phi) is 3.10. The Morgan fingerprint density at radius 1 is 1.38 bits per heavy atom. The Morgan fingerprint density at radius 3 is 3.04 bits per heavy atom. The van der Waals surface area contributed by atoms with Gasteiger partial charge in [-0.25, -0.2) is 0 Å². The van der Waals surface area contributed by atoms with E-state index in [1.807, 2.05) is 6.07 Å². The monoisotopic (exact) mass is 325 g/mol. The number of rotatable bonds is 2. The fourth-order valence-electron chi connectivity index (χ4n) is 6.18. The summed E-state index contributed by atoms with van der Waals surface area (Å²) in [5.74, 6) is 5.29. The number of benzene rings is 1. The van der Waals surface area contributed by atoms with Crippen molar-refractivity contribution in [3.05, 3.63) is 29.5 Å². The van der Waals surface area contributed by atoms with Gasteiger partial charge in [-0.15, -0.1) is 0 Å². The molecule has 2 aliphatic carbocycles. The lowest BCUT2D eigenvalue weighted by molar-refractivity contribution is 0.307. The first-order valence-electron chi connectivity index (χ1n) is 9.48. The summed E-state index contributed by atoms with van der Waals surface area (Å²) in [5, 5.41) is 4.98. The van der Waals surface area contributed by atoms with Gasteiger partial charge in [0.2, 0.25) is 0 Å². The van der Waals surface area contributed by atoms with Crippen LogP contribution in [0.15, 0.2) is 22.6 Å². The third kappa shape index (κ3) is 1.77. The molecular weight excluding hydrogens is 298 g/mol. The summed E-state index contributed by atoms with van der Waals surface area (Å²) in [6, 6.07) is 6.25. The standard InChI is InChI=1S/C21H27NO2/c1-4-13-9-12-11-22-8-7-15-16-10-14(23-3)5-6-17(16)24-20(15)19-18(12)21(13,19)2/h5-6,10,12-13,18-19,22H,4,7-9,11H2,1-3H3. The molecule has 1 aliphatic heterocycles. The van der Waals surface area contributed by atoms with Gasteiger partial charge in [-0.1, -0.05) is 20.3 Å². The summed E-state index contributed by atoms with van der Waals surface area (Å²) in [7, 11) is 1.74. The van der Waals surface area contributed by atoms with Crippen LogP contribution in [-0.4, -0.2) is 20.2 Å². The Labute approximate surface area is 143 Å². The molecule has 0 spiro atoms. The van der Waals surface area contributed by atoms with Gasteiger partial charge in [-0.3, -0.25) is 0 Å². The predicted molar refractivity (Wildman–Crippen MR) is 95.6 cm³/mol. The Hall–Kier alpha value is -1.48. The van der Waals surface area contributed by atoms with Crippen LogP contribution in [0.5, 0.6) is 5.75 Å². The molecule has 2 heterocycles. The van der Waals surface area contributed by atoms with Crippen LogP contribution in [0.1, 0.15) is 43.9 Å². The topological polar surface area (TPSA) is 34.4 Å². The highest BCUT2D eigenvalue weighted by Gasteiger charge is 2.72. The molecule has 2 aromatic rings. The molecule has 0 saturated heterocycles. The summed E-state index contributed by atoms with van der Waals surface area (Å²) >= 11 is 0. The highest BCUT2D eigenvalue weighted by atomic mass is 16.5. The molecule has 5 unspecified atom stereocenters. The Morgan fingerprint density at radius 2 is 2.25 bits per heavy atom. The minimum atomic E-state index is 0.450. The fraction of sp³-hybridized carbons (Fsp3) is 0.619. The maximum atomic E-state index is 6.46. The number of nitrogens with one attached hydrogen (secondary N) is 1. The van der Waals surface area contributed by atoms with Crippen LogP contribution in [0, 0.1) is 23.2 Å². The highest BCUT2D eigenvalue weighted by Crippen LogP contribution is 2.78. The van der Waals surface area contributed by atoms with Crippen LogP contribution in [0.3, 0.4) is 0 Å². The first kappa shape index (κ1) is 14.8. The predicted octanol–water partition coefficient (Wildman–Crippen LogP) is 4.35. The quantitative estimate of drug-likeness (QED) is 0.891. The summed E-state index contributed by atoms with van der Waals surface area (Å²) in [5.41, 5.74) is 2.90. The normalized spacial score (nSPS) is 37.3. The summed E-state index contributed by atoms with van der Waals surface area (Å²) in [4.78, 5) is 0. The lowest BCUT2D eigenvalue weighted by atomic mass is 9.84. The molecule has 1 aromatic heterocycles. The highest BCUT2D eigenvalue weighted by molar-refractivity contribution is 5.84. The van der Waals surface area contributed by atoms with Gasteiger partial charge in [0.05, 0.1) is 7.11 Å². The van der Waals surface area contributed by atoms with Gasteiger partial charge in [0.15, 0.2) is 0 Å². The second-order valence-corrected chi connectivity index (χ2v) is 8.23.